The van der Waals surface area contributed by atoms with Gasteiger partial charge in [0.2, 0.25) is 5.91 Å². The van der Waals surface area contributed by atoms with Crippen molar-refractivity contribution in [3.8, 4) is 0 Å². The molecule has 1 aromatic carbocycles. The molecule has 158 valence electrons. The molecule has 0 aliphatic heterocycles. The third kappa shape index (κ3) is 7.64. The van der Waals surface area contributed by atoms with Crippen LogP contribution in [0, 0.1) is 12.8 Å². The summed E-state index contributed by atoms with van der Waals surface area (Å²) in [6.45, 7) is 9.91. The molecule has 0 spiro atoms. The molecule has 29 heavy (non-hydrogen) atoms. The number of benzene rings is 1. The molecule has 0 radical (unpaired) electrons. The number of aryl methyl sites for hydroxylation is 1. The molecule has 0 saturated carbocycles. The number of urea groups is 1. The van der Waals surface area contributed by atoms with Crippen LogP contribution in [0.25, 0.3) is 0 Å². The Morgan fingerprint density at radius 2 is 1.79 bits per heavy atom. The van der Waals surface area contributed by atoms with Crippen molar-refractivity contribution in [3.05, 3.63) is 59.5 Å². The number of rotatable bonds is 10. The molecule has 0 aliphatic carbocycles. The first kappa shape index (κ1) is 22.5. The molecule has 0 saturated heterocycles. The van der Waals surface area contributed by atoms with Crippen molar-refractivity contribution in [3.63, 3.8) is 0 Å². The van der Waals surface area contributed by atoms with Gasteiger partial charge in [0.15, 0.2) is 0 Å². The van der Waals surface area contributed by atoms with E-state index in [1.807, 2.05) is 58.0 Å². The average Bonchev–Trinajstić information content (AvgIpc) is 3.10. The predicted molar refractivity (Wildman–Crippen MR) is 114 cm³/mol. The highest BCUT2D eigenvalue weighted by Gasteiger charge is 2.22. The van der Waals surface area contributed by atoms with E-state index in [1.54, 1.807) is 9.80 Å². The zero-order valence-electron chi connectivity index (χ0n) is 18.0. The molecule has 1 N–H and O–H groups in total. The maximum Gasteiger partial charge on any atom is 0.317 e. The Labute approximate surface area is 173 Å². The standard InChI is InChI=1S/C23H33N3O3/c1-5-24-23(28)26(15-18(2)3)17-22(27)25(16-21-12-11-19(4)29-21)14-13-20-9-7-6-8-10-20/h6-12,18H,5,13-17H2,1-4H3,(H,24,28). The van der Waals surface area contributed by atoms with Gasteiger partial charge in [0.25, 0.3) is 0 Å². The highest BCUT2D eigenvalue weighted by Crippen LogP contribution is 2.12. The van der Waals surface area contributed by atoms with Crippen molar-refractivity contribution < 1.29 is 14.0 Å². The molecule has 2 rings (SSSR count). The van der Waals surface area contributed by atoms with E-state index < -0.39 is 0 Å². The van der Waals surface area contributed by atoms with Gasteiger partial charge >= 0.3 is 6.03 Å². The van der Waals surface area contributed by atoms with Gasteiger partial charge in [-0.1, -0.05) is 44.2 Å². The fourth-order valence-corrected chi connectivity index (χ4v) is 3.15. The van der Waals surface area contributed by atoms with Crippen LogP contribution in [0.5, 0.6) is 0 Å². The van der Waals surface area contributed by atoms with Gasteiger partial charge in [-0.15, -0.1) is 0 Å². The smallest absolute Gasteiger partial charge is 0.317 e. The number of carbonyl (C=O) groups is 2. The topological polar surface area (TPSA) is 65.8 Å². The van der Waals surface area contributed by atoms with Crippen LogP contribution in [0.3, 0.4) is 0 Å². The van der Waals surface area contributed by atoms with Gasteiger partial charge < -0.3 is 19.5 Å². The van der Waals surface area contributed by atoms with Gasteiger partial charge in [-0.05, 0) is 43.9 Å². The van der Waals surface area contributed by atoms with Crippen molar-refractivity contribution >= 4 is 11.9 Å². The molecular formula is C23H33N3O3. The summed E-state index contributed by atoms with van der Waals surface area (Å²) in [6, 6.07) is 13.7. The van der Waals surface area contributed by atoms with Crippen LogP contribution in [0.1, 0.15) is 37.9 Å². The summed E-state index contributed by atoms with van der Waals surface area (Å²) in [7, 11) is 0. The second-order valence-electron chi connectivity index (χ2n) is 7.67. The number of nitrogens with one attached hydrogen (secondary N) is 1. The van der Waals surface area contributed by atoms with Crippen molar-refractivity contribution in [2.45, 2.75) is 40.7 Å². The number of furan rings is 1. The molecule has 0 atom stereocenters. The van der Waals surface area contributed by atoms with Crippen LogP contribution in [0.15, 0.2) is 46.9 Å². The van der Waals surface area contributed by atoms with Crippen LogP contribution in [0.4, 0.5) is 4.79 Å². The maximum atomic E-state index is 13.1. The highest BCUT2D eigenvalue weighted by molar-refractivity contribution is 5.84. The number of nitrogens with zero attached hydrogens (tertiary/aromatic N) is 2. The Hall–Kier alpha value is -2.76. The zero-order valence-corrected chi connectivity index (χ0v) is 18.0. The molecular weight excluding hydrogens is 366 g/mol. The molecule has 0 fully saturated rings. The van der Waals surface area contributed by atoms with Crippen LogP contribution in [-0.2, 0) is 17.8 Å². The van der Waals surface area contributed by atoms with E-state index in [0.717, 1.165) is 17.9 Å². The van der Waals surface area contributed by atoms with E-state index in [2.05, 4.69) is 17.4 Å². The van der Waals surface area contributed by atoms with E-state index in [0.29, 0.717) is 26.2 Å². The molecule has 1 heterocycles. The maximum absolute atomic E-state index is 13.1. The summed E-state index contributed by atoms with van der Waals surface area (Å²) in [5.74, 6) is 1.76. The Bertz CT molecular complexity index is 771. The first-order valence-electron chi connectivity index (χ1n) is 10.3. The lowest BCUT2D eigenvalue weighted by Gasteiger charge is -2.28. The fourth-order valence-electron chi connectivity index (χ4n) is 3.15. The minimum absolute atomic E-state index is 0.0541. The second-order valence-corrected chi connectivity index (χ2v) is 7.67. The van der Waals surface area contributed by atoms with Crippen LogP contribution in [-0.4, -0.2) is 47.9 Å². The Morgan fingerprint density at radius 1 is 1.07 bits per heavy atom. The van der Waals surface area contributed by atoms with Gasteiger partial charge in [0, 0.05) is 19.6 Å². The van der Waals surface area contributed by atoms with Crippen molar-refractivity contribution in [2.75, 3.05) is 26.2 Å². The third-order valence-corrected chi connectivity index (χ3v) is 4.54. The van der Waals surface area contributed by atoms with E-state index in [9.17, 15) is 9.59 Å². The molecule has 0 bridgehead atoms. The van der Waals surface area contributed by atoms with Gasteiger partial charge in [0.1, 0.15) is 18.1 Å². The third-order valence-electron chi connectivity index (χ3n) is 4.54. The van der Waals surface area contributed by atoms with Crippen molar-refractivity contribution in [2.24, 2.45) is 5.92 Å². The quantitative estimate of drug-likeness (QED) is 0.660. The SMILES string of the molecule is CCNC(=O)N(CC(=O)N(CCc1ccccc1)Cc1ccc(C)o1)CC(C)C. The number of amides is 3. The van der Waals surface area contributed by atoms with E-state index in [4.69, 9.17) is 4.42 Å². The first-order chi connectivity index (χ1) is 13.9. The summed E-state index contributed by atoms with van der Waals surface area (Å²) in [5.41, 5.74) is 1.17. The Kier molecular flexibility index (Phi) is 8.77. The second kappa shape index (κ2) is 11.3. The normalized spacial score (nSPS) is 10.8. The van der Waals surface area contributed by atoms with Gasteiger partial charge in [0.05, 0.1) is 6.54 Å². The molecule has 1 aromatic heterocycles. The molecule has 0 unspecified atom stereocenters. The fraction of sp³-hybridized carbons (Fsp3) is 0.478. The molecule has 6 heteroatoms. The van der Waals surface area contributed by atoms with Gasteiger partial charge in [-0.2, -0.15) is 0 Å². The molecule has 3 amide bonds. The van der Waals surface area contributed by atoms with E-state index in [1.165, 1.54) is 5.56 Å². The lowest BCUT2D eigenvalue weighted by Crippen LogP contribution is -2.48. The van der Waals surface area contributed by atoms with Crippen molar-refractivity contribution in [1.29, 1.82) is 0 Å². The average molecular weight is 400 g/mol. The van der Waals surface area contributed by atoms with Crippen LogP contribution in [0.2, 0.25) is 0 Å². The van der Waals surface area contributed by atoms with E-state index >= 15 is 0 Å². The molecule has 2 aromatic rings. The van der Waals surface area contributed by atoms with Gasteiger partial charge in [-0.25, -0.2) is 4.79 Å². The summed E-state index contributed by atoms with van der Waals surface area (Å²) in [4.78, 5) is 28.9. The molecule has 6 nitrogen and oxygen atoms in total. The lowest BCUT2D eigenvalue weighted by atomic mass is 10.1. The van der Waals surface area contributed by atoms with Crippen LogP contribution >= 0.6 is 0 Å². The van der Waals surface area contributed by atoms with E-state index in [-0.39, 0.29) is 24.4 Å². The highest BCUT2D eigenvalue weighted by atomic mass is 16.3. The summed E-state index contributed by atoms with van der Waals surface area (Å²) < 4.78 is 5.68. The Morgan fingerprint density at radius 3 is 2.38 bits per heavy atom. The van der Waals surface area contributed by atoms with Crippen LogP contribution < -0.4 is 5.32 Å². The Balaban J connectivity index is 2.11. The minimum Gasteiger partial charge on any atom is -0.464 e. The monoisotopic (exact) mass is 399 g/mol. The summed E-state index contributed by atoms with van der Waals surface area (Å²) in [6.07, 6.45) is 0.748. The number of carbonyl (C=O) groups excluding carboxylic acids is 2. The van der Waals surface area contributed by atoms with Gasteiger partial charge in [-0.3, -0.25) is 4.79 Å². The number of hydrogen-bond acceptors (Lipinski definition) is 3. The summed E-state index contributed by atoms with van der Waals surface area (Å²) >= 11 is 0. The number of hydrogen-bond donors (Lipinski definition) is 1. The minimum atomic E-state index is -0.202. The lowest BCUT2D eigenvalue weighted by molar-refractivity contribution is -0.132. The zero-order chi connectivity index (χ0) is 21.2. The predicted octanol–water partition coefficient (Wildman–Crippen LogP) is 3.85. The molecule has 0 aliphatic rings. The summed E-state index contributed by atoms with van der Waals surface area (Å²) in [5, 5.41) is 2.80. The largest absolute Gasteiger partial charge is 0.464 e. The van der Waals surface area contributed by atoms with Crippen molar-refractivity contribution in [1.82, 2.24) is 15.1 Å². The first-order valence-corrected chi connectivity index (χ1v) is 10.3.